The number of nitrogens with zero attached hydrogens (tertiary/aromatic N) is 2. The van der Waals surface area contributed by atoms with Gasteiger partial charge >= 0.3 is 5.97 Å². The Morgan fingerprint density at radius 2 is 1.88 bits per heavy atom. The number of benzene rings is 1. The zero-order valence-electron chi connectivity index (χ0n) is 13.5. The van der Waals surface area contributed by atoms with Crippen LogP contribution in [0, 0.1) is 0 Å². The first-order valence-corrected chi connectivity index (χ1v) is 9.25. The van der Waals surface area contributed by atoms with Crippen molar-refractivity contribution in [2.45, 2.75) is 11.5 Å². The molecule has 0 aliphatic carbocycles. The summed E-state index contributed by atoms with van der Waals surface area (Å²) < 4.78 is 37.1. The normalized spacial score (nSPS) is 15.7. The third kappa shape index (κ3) is 4.22. The summed E-state index contributed by atoms with van der Waals surface area (Å²) in [6.45, 7) is 1.45. The van der Waals surface area contributed by atoms with E-state index in [1.165, 1.54) is 22.8 Å². The molecule has 1 aliphatic heterocycles. The smallest absolute Gasteiger partial charge is 0.338 e. The fourth-order valence-corrected chi connectivity index (χ4v) is 3.93. The first-order valence-electron chi connectivity index (χ1n) is 7.81. The molecule has 1 aliphatic rings. The van der Waals surface area contributed by atoms with Crippen LogP contribution in [-0.4, -0.2) is 50.0 Å². The van der Waals surface area contributed by atoms with Crippen LogP contribution in [0.4, 0.5) is 0 Å². The maximum Gasteiger partial charge on any atom is 0.338 e. The van der Waals surface area contributed by atoms with Gasteiger partial charge in [-0.05, 0) is 29.8 Å². The third-order valence-corrected chi connectivity index (χ3v) is 5.69. The van der Waals surface area contributed by atoms with E-state index in [0.29, 0.717) is 37.4 Å². The molecule has 0 saturated carbocycles. The number of hydrogen-bond donors (Lipinski definition) is 0. The van der Waals surface area contributed by atoms with Gasteiger partial charge in [0.05, 0.1) is 23.7 Å². The van der Waals surface area contributed by atoms with Crippen LogP contribution in [0.25, 0.3) is 0 Å². The quantitative estimate of drug-likeness (QED) is 0.749. The summed E-state index contributed by atoms with van der Waals surface area (Å²) in [6, 6.07) is 9.55. The van der Waals surface area contributed by atoms with Crippen molar-refractivity contribution >= 4 is 16.0 Å². The van der Waals surface area contributed by atoms with E-state index in [1.54, 1.807) is 30.3 Å². The van der Waals surface area contributed by atoms with Gasteiger partial charge in [0.15, 0.2) is 0 Å². The molecule has 25 heavy (non-hydrogen) atoms. The van der Waals surface area contributed by atoms with Gasteiger partial charge < -0.3 is 9.47 Å². The highest BCUT2D eigenvalue weighted by molar-refractivity contribution is 7.89. The average Bonchev–Trinajstić information content (AvgIpc) is 2.67. The van der Waals surface area contributed by atoms with E-state index < -0.39 is 16.0 Å². The van der Waals surface area contributed by atoms with Gasteiger partial charge in [-0.15, -0.1) is 0 Å². The Bertz CT molecular complexity index is 833. The van der Waals surface area contributed by atoms with Gasteiger partial charge in [-0.2, -0.15) is 4.31 Å². The van der Waals surface area contributed by atoms with Crippen LogP contribution in [0.3, 0.4) is 0 Å². The van der Waals surface area contributed by atoms with Crippen molar-refractivity contribution < 1.29 is 22.7 Å². The van der Waals surface area contributed by atoms with Crippen molar-refractivity contribution in [3.05, 3.63) is 59.9 Å². The zero-order chi connectivity index (χ0) is 17.7. The number of pyridine rings is 1. The molecule has 7 nitrogen and oxygen atoms in total. The van der Waals surface area contributed by atoms with Gasteiger partial charge in [-0.25, -0.2) is 13.2 Å². The maximum absolute atomic E-state index is 12.7. The van der Waals surface area contributed by atoms with Crippen molar-refractivity contribution in [3.8, 4) is 0 Å². The van der Waals surface area contributed by atoms with Gasteiger partial charge in [0.1, 0.15) is 6.61 Å². The number of ether oxygens (including phenoxy) is 2. The highest BCUT2D eigenvalue weighted by Crippen LogP contribution is 2.19. The molecular weight excluding hydrogens is 344 g/mol. The van der Waals surface area contributed by atoms with E-state index in [-0.39, 0.29) is 11.5 Å². The summed E-state index contributed by atoms with van der Waals surface area (Å²) >= 11 is 0. The monoisotopic (exact) mass is 362 g/mol. The fourth-order valence-electron chi connectivity index (χ4n) is 2.45. The lowest BCUT2D eigenvalue weighted by atomic mass is 10.2. The van der Waals surface area contributed by atoms with Crippen LogP contribution >= 0.6 is 0 Å². The SMILES string of the molecule is O=C(OCc1cccc(S(=O)(=O)N2CCOCC2)c1)c1ccncc1. The van der Waals surface area contributed by atoms with Crippen molar-refractivity contribution in [2.75, 3.05) is 26.3 Å². The van der Waals surface area contributed by atoms with Crippen molar-refractivity contribution in [1.82, 2.24) is 9.29 Å². The maximum atomic E-state index is 12.7. The van der Waals surface area contributed by atoms with Gasteiger partial charge in [0.2, 0.25) is 10.0 Å². The molecule has 8 heteroatoms. The Balaban J connectivity index is 1.70. The highest BCUT2D eigenvalue weighted by atomic mass is 32.2. The zero-order valence-corrected chi connectivity index (χ0v) is 14.3. The first kappa shape index (κ1) is 17.5. The van der Waals surface area contributed by atoms with E-state index in [9.17, 15) is 13.2 Å². The minimum absolute atomic E-state index is 0.00632. The van der Waals surface area contributed by atoms with Crippen molar-refractivity contribution in [3.63, 3.8) is 0 Å². The van der Waals surface area contributed by atoms with Crippen molar-refractivity contribution in [1.29, 1.82) is 0 Å². The van der Waals surface area contributed by atoms with Gasteiger partial charge in [-0.1, -0.05) is 12.1 Å². The second-order valence-corrected chi connectivity index (χ2v) is 7.41. The van der Waals surface area contributed by atoms with Crippen LogP contribution in [0.15, 0.2) is 53.7 Å². The highest BCUT2D eigenvalue weighted by Gasteiger charge is 2.26. The second-order valence-electron chi connectivity index (χ2n) is 5.48. The lowest BCUT2D eigenvalue weighted by molar-refractivity contribution is 0.0472. The summed E-state index contributed by atoms with van der Waals surface area (Å²) in [6.07, 6.45) is 3.01. The Hall–Kier alpha value is -2.29. The number of aromatic nitrogens is 1. The fraction of sp³-hybridized carbons (Fsp3) is 0.294. The summed E-state index contributed by atoms with van der Waals surface area (Å²) in [5.41, 5.74) is 1.00. The summed E-state index contributed by atoms with van der Waals surface area (Å²) in [4.78, 5) is 16.0. The molecule has 0 N–H and O–H groups in total. The number of sulfonamides is 1. The first-order chi connectivity index (χ1) is 12.1. The van der Waals surface area contributed by atoms with Gasteiger partial charge in [-0.3, -0.25) is 4.98 Å². The van der Waals surface area contributed by atoms with Crippen LogP contribution < -0.4 is 0 Å². The Morgan fingerprint density at radius 3 is 2.60 bits per heavy atom. The van der Waals surface area contributed by atoms with E-state index in [2.05, 4.69) is 4.98 Å². The second kappa shape index (κ2) is 7.73. The molecule has 1 fully saturated rings. The Labute approximate surface area is 146 Å². The number of esters is 1. The molecule has 2 aromatic rings. The topological polar surface area (TPSA) is 85.8 Å². The van der Waals surface area contributed by atoms with Crippen LogP contribution in [-0.2, 0) is 26.1 Å². The Morgan fingerprint density at radius 1 is 1.16 bits per heavy atom. The van der Waals surface area contributed by atoms with Crippen molar-refractivity contribution in [2.24, 2.45) is 0 Å². The van der Waals surface area contributed by atoms with E-state index in [0.717, 1.165) is 0 Å². The Kier molecular flexibility index (Phi) is 5.42. The van der Waals surface area contributed by atoms with Gasteiger partial charge in [0, 0.05) is 25.5 Å². The minimum atomic E-state index is -3.57. The van der Waals surface area contributed by atoms with E-state index in [1.807, 2.05) is 0 Å². The molecule has 0 radical (unpaired) electrons. The molecule has 1 aromatic heterocycles. The van der Waals surface area contributed by atoms with E-state index >= 15 is 0 Å². The standard InChI is InChI=1S/C17H18N2O5S/c20-17(15-4-6-18-7-5-15)24-13-14-2-1-3-16(12-14)25(21,22)19-8-10-23-11-9-19/h1-7,12H,8-11,13H2. The molecule has 0 atom stereocenters. The number of carbonyl (C=O) groups is 1. The molecular formula is C17H18N2O5S. The molecule has 0 amide bonds. The average molecular weight is 362 g/mol. The third-order valence-electron chi connectivity index (χ3n) is 3.79. The minimum Gasteiger partial charge on any atom is -0.457 e. The summed E-state index contributed by atoms with van der Waals surface area (Å²) in [5.74, 6) is -0.483. The summed E-state index contributed by atoms with van der Waals surface area (Å²) in [5, 5.41) is 0. The lowest BCUT2D eigenvalue weighted by Gasteiger charge is -2.26. The molecule has 0 unspecified atom stereocenters. The molecule has 1 saturated heterocycles. The van der Waals surface area contributed by atoms with Crippen LogP contribution in [0.2, 0.25) is 0 Å². The molecule has 0 bridgehead atoms. The molecule has 3 rings (SSSR count). The van der Waals surface area contributed by atoms with Crippen LogP contribution in [0.5, 0.6) is 0 Å². The molecule has 2 heterocycles. The molecule has 0 spiro atoms. The van der Waals surface area contributed by atoms with E-state index in [4.69, 9.17) is 9.47 Å². The number of morpholine rings is 1. The number of hydrogen-bond acceptors (Lipinski definition) is 6. The molecule has 1 aromatic carbocycles. The lowest BCUT2D eigenvalue weighted by Crippen LogP contribution is -2.40. The largest absolute Gasteiger partial charge is 0.457 e. The predicted molar refractivity (Wildman–Crippen MR) is 89.4 cm³/mol. The number of rotatable bonds is 5. The molecule has 132 valence electrons. The van der Waals surface area contributed by atoms with Crippen LogP contribution in [0.1, 0.15) is 15.9 Å². The summed E-state index contributed by atoms with van der Waals surface area (Å²) in [7, 11) is -3.57. The predicted octanol–water partition coefficient (Wildman–Crippen LogP) is 1.46. The van der Waals surface area contributed by atoms with Gasteiger partial charge in [0.25, 0.3) is 0 Å². The number of carbonyl (C=O) groups excluding carboxylic acids is 1.